The van der Waals surface area contributed by atoms with Crippen molar-refractivity contribution in [1.29, 1.82) is 0 Å². The maximum absolute atomic E-state index is 15.5. The number of aliphatic hydroxyl groups is 3. The third kappa shape index (κ3) is 7.29. The molecule has 7 rings (SSSR count). The molecule has 62 heavy (non-hydrogen) atoms. The van der Waals surface area contributed by atoms with E-state index in [1.807, 2.05) is 0 Å². The van der Waals surface area contributed by atoms with Crippen molar-refractivity contribution in [3.8, 4) is 0 Å². The van der Waals surface area contributed by atoms with E-state index in [1.165, 1.54) is 26.0 Å². The first kappa shape index (κ1) is 44.3. The Balaban J connectivity index is 1.39. The van der Waals surface area contributed by atoms with Crippen LogP contribution in [-0.2, 0) is 42.9 Å². The average Bonchev–Trinajstić information content (AvgIpc) is 3.24. The molecule has 0 spiro atoms. The van der Waals surface area contributed by atoms with Gasteiger partial charge in [0.05, 0.1) is 35.6 Å². The molecule has 15 nitrogen and oxygen atoms in total. The fraction of sp³-hybridized carbons (Fsp3) is 0.447. The van der Waals surface area contributed by atoms with Crippen molar-refractivity contribution in [3.05, 3.63) is 119 Å². The lowest BCUT2D eigenvalue weighted by Gasteiger charge is -2.67. The van der Waals surface area contributed by atoms with Crippen LogP contribution >= 0.6 is 0 Å². The Bertz CT molecular complexity index is 2280. The van der Waals surface area contributed by atoms with Crippen LogP contribution in [0.4, 0.5) is 0 Å². The van der Waals surface area contributed by atoms with Gasteiger partial charge in [0.1, 0.15) is 23.9 Å². The van der Waals surface area contributed by atoms with Crippen molar-refractivity contribution in [2.75, 3.05) is 6.61 Å². The Kier molecular flexibility index (Phi) is 11.8. The molecule has 3 fully saturated rings. The zero-order valence-corrected chi connectivity index (χ0v) is 35.2. The molecule has 3 aromatic carbocycles. The smallest absolute Gasteiger partial charge is 0.338 e. The van der Waals surface area contributed by atoms with Gasteiger partial charge in [-0.3, -0.25) is 19.2 Å². The van der Waals surface area contributed by atoms with Crippen LogP contribution in [0.15, 0.2) is 102 Å². The van der Waals surface area contributed by atoms with Crippen molar-refractivity contribution in [2.24, 2.45) is 16.7 Å². The highest BCUT2D eigenvalue weighted by atomic mass is 16.6. The molecule has 15 heteroatoms. The Morgan fingerprint density at radius 1 is 0.823 bits per heavy atom. The van der Waals surface area contributed by atoms with E-state index in [0.29, 0.717) is 5.56 Å². The summed E-state index contributed by atoms with van der Waals surface area (Å²) < 4.78 is 30.3. The Hall–Kier alpha value is -5.74. The summed E-state index contributed by atoms with van der Waals surface area (Å²) in [6.07, 6.45) is -10.5. The molecule has 3 aliphatic carbocycles. The summed E-state index contributed by atoms with van der Waals surface area (Å²) in [5.74, 6) is -6.84. The number of esters is 4. The van der Waals surface area contributed by atoms with Gasteiger partial charge in [0, 0.05) is 37.7 Å². The highest BCUT2D eigenvalue weighted by Crippen LogP contribution is 2.64. The normalized spacial score (nSPS) is 31.9. The number of carbonyl (C=O) groups excluding carboxylic acids is 6. The highest BCUT2D eigenvalue weighted by molar-refractivity contribution is 5.96. The molecular formula is C47H51NO14. The number of nitrogens with one attached hydrogen (secondary N) is 1. The summed E-state index contributed by atoms with van der Waals surface area (Å²) in [5.41, 5.74) is -7.02. The second kappa shape index (κ2) is 16.5. The van der Waals surface area contributed by atoms with Crippen LogP contribution < -0.4 is 5.32 Å². The van der Waals surface area contributed by atoms with Gasteiger partial charge in [-0.1, -0.05) is 80.6 Å². The standard InChI is InChI=1S/C47H51NO14/c1-25-31(60-43(56)36(52)35(28-16-10-7-11-17-28)48-41(54)29-18-12-8-13-19-29)23-47(57)40(61-42(55)30-20-14-9-15-21-30)38-45(6,32(51)22-33-46(38,24-58-33)62-27(3)50)39(53)37(59-26(2)49)34(25)44(47,4)5/h7-21,31-33,35-38,40,51-52,57H,22-24H2,1-6H3,(H,48,54)/t31-,32-,33?,35?,36?,37+,38?,40?,45+,46?,47+/m0/s1. The van der Waals surface area contributed by atoms with Crippen LogP contribution in [0.25, 0.3) is 0 Å². The van der Waals surface area contributed by atoms with Crippen LogP contribution in [0.1, 0.15) is 86.7 Å². The predicted molar refractivity (Wildman–Crippen MR) is 218 cm³/mol. The highest BCUT2D eigenvalue weighted by Gasteiger charge is 2.78. The monoisotopic (exact) mass is 853 g/mol. The minimum absolute atomic E-state index is 0.00289. The number of carbonyl (C=O) groups is 6. The van der Waals surface area contributed by atoms with Gasteiger partial charge < -0.3 is 44.3 Å². The molecule has 4 aliphatic rings. The second-order valence-corrected chi connectivity index (χ2v) is 17.4. The number of Topliss-reactive ketones (excluding diaryl/α,β-unsaturated/α-hetero) is 1. The Morgan fingerprint density at radius 2 is 1.40 bits per heavy atom. The van der Waals surface area contributed by atoms with Crippen molar-refractivity contribution >= 4 is 35.6 Å². The summed E-state index contributed by atoms with van der Waals surface area (Å²) in [6, 6.07) is 22.9. The van der Waals surface area contributed by atoms with E-state index in [4.69, 9.17) is 23.7 Å². The zero-order valence-electron chi connectivity index (χ0n) is 35.2. The van der Waals surface area contributed by atoms with E-state index < -0.39 is 113 Å². The summed E-state index contributed by atoms with van der Waals surface area (Å²) in [5, 5.41) is 40.2. The first-order valence-electron chi connectivity index (χ1n) is 20.5. The van der Waals surface area contributed by atoms with Gasteiger partial charge in [0.15, 0.2) is 23.6 Å². The second-order valence-electron chi connectivity index (χ2n) is 17.4. The Morgan fingerprint density at radius 3 is 1.95 bits per heavy atom. The predicted octanol–water partition coefficient (Wildman–Crippen LogP) is 3.74. The van der Waals surface area contributed by atoms with Crippen molar-refractivity contribution in [3.63, 3.8) is 0 Å². The van der Waals surface area contributed by atoms with Gasteiger partial charge in [-0.05, 0) is 54.8 Å². The molecule has 1 heterocycles. The number of ketones is 1. The molecular weight excluding hydrogens is 803 g/mol. The summed E-state index contributed by atoms with van der Waals surface area (Å²) in [4.78, 5) is 83.5. The van der Waals surface area contributed by atoms with Gasteiger partial charge in [0.25, 0.3) is 5.91 Å². The van der Waals surface area contributed by atoms with E-state index in [0.717, 1.165) is 13.8 Å². The molecule has 1 amide bonds. The molecule has 2 saturated carbocycles. The number of hydrogen-bond acceptors (Lipinski definition) is 14. The van der Waals surface area contributed by atoms with Gasteiger partial charge in [0.2, 0.25) is 0 Å². The molecule has 11 atom stereocenters. The SMILES string of the molecule is CC(=O)O[C@H]1C(=O)[C@@]2(C)C(C(OC(=O)c3ccccc3)[C@]3(O)C[C@H](OC(=O)C(O)C(NC(=O)c4ccccc4)c4ccccc4)C(C)=C1C3(C)C)C1(OC(C)=O)COC1C[C@@H]2O. The minimum atomic E-state index is -2.39. The fourth-order valence-electron chi connectivity index (χ4n) is 10.2. The largest absolute Gasteiger partial charge is 0.456 e. The molecule has 3 aromatic rings. The van der Waals surface area contributed by atoms with Crippen LogP contribution in [-0.4, -0.2) is 105 Å². The number of hydrogen-bond donors (Lipinski definition) is 4. The summed E-state index contributed by atoms with van der Waals surface area (Å²) in [7, 11) is 0. The van der Waals surface area contributed by atoms with E-state index in [9.17, 15) is 39.3 Å². The molecule has 1 aliphatic heterocycles. The first-order valence-corrected chi connectivity index (χ1v) is 20.5. The maximum atomic E-state index is 15.5. The molecule has 0 radical (unpaired) electrons. The zero-order chi connectivity index (χ0) is 44.9. The molecule has 6 unspecified atom stereocenters. The number of benzene rings is 3. The van der Waals surface area contributed by atoms with Crippen molar-refractivity contribution in [2.45, 2.75) is 108 Å². The van der Waals surface area contributed by atoms with E-state index in [2.05, 4.69) is 5.32 Å². The van der Waals surface area contributed by atoms with Gasteiger partial charge in [-0.2, -0.15) is 0 Å². The summed E-state index contributed by atoms with van der Waals surface area (Å²) in [6.45, 7) is 7.97. The third-order valence-electron chi connectivity index (χ3n) is 13.5. The van der Waals surface area contributed by atoms with Crippen LogP contribution in [0.2, 0.25) is 0 Å². The lowest BCUT2D eigenvalue weighted by atomic mass is 9.44. The van der Waals surface area contributed by atoms with Crippen LogP contribution in [0.5, 0.6) is 0 Å². The molecule has 0 aromatic heterocycles. The van der Waals surface area contributed by atoms with Crippen LogP contribution in [0, 0.1) is 16.7 Å². The van der Waals surface area contributed by atoms with Crippen molar-refractivity contribution in [1.82, 2.24) is 5.32 Å². The molecule has 1 saturated heterocycles. The maximum Gasteiger partial charge on any atom is 0.338 e. The van der Waals surface area contributed by atoms with Gasteiger partial charge >= 0.3 is 23.9 Å². The summed E-state index contributed by atoms with van der Waals surface area (Å²) >= 11 is 0. The number of rotatable bonds is 10. The molecule has 4 N–H and O–H groups in total. The number of amides is 1. The van der Waals surface area contributed by atoms with Gasteiger partial charge in [-0.15, -0.1) is 0 Å². The van der Waals surface area contributed by atoms with E-state index in [1.54, 1.807) is 92.7 Å². The van der Waals surface area contributed by atoms with Crippen molar-refractivity contribution < 1.29 is 67.8 Å². The minimum Gasteiger partial charge on any atom is -0.456 e. The van der Waals surface area contributed by atoms with Crippen LogP contribution in [0.3, 0.4) is 0 Å². The number of ether oxygens (including phenoxy) is 5. The first-order chi connectivity index (χ1) is 29.3. The quantitative estimate of drug-likeness (QED) is 0.130. The topological polar surface area (TPSA) is 221 Å². The average molecular weight is 854 g/mol. The Labute approximate surface area is 358 Å². The van der Waals surface area contributed by atoms with Gasteiger partial charge in [-0.25, -0.2) is 9.59 Å². The molecule has 328 valence electrons. The number of aliphatic hydroxyl groups excluding tert-OH is 2. The lowest BCUT2D eigenvalue weighted by molar-refractivity contribution is -0.346. The third-order valence-corrected chi connectivity index (χ3v) is 13.5. The van der Waals surface area contributed by atoms with E-state index >= 15 is 4.79 Å². The van der Waals surface area contributed by atoms with E-state index in [-0.39, 0.29) is 35.3 Å². The fourth-order valence-corrected chi connectivity index (χ4v) is 10.2. The lowest BCUT2D eigenvalue weighted by Crippen LogP contribution is -2.82. The number of fused-ring (bicyclic) bond motifs is 5. The molecule has 2 bridgehead atoms.